The van der Waals surface area contributed by atoms with Crippen LogP contribution in [0.2, 0.25) is 0 Å². The van der Waals surface area contributed by atoms with Crippen molar-refractivity contribution in [2.24, 2.45) is 0 Å². The van der Waals surface area contributed by atoms with Gasteiger partial charge >= 0.3 is 11.9 Å². The predicted octanol–water partition coefficient (Wildman–Crippen LogP) is 1.36. The third-order valence-electron chi connectivity index (χ3n) is 2.24. The van der Waals surface area contributed by atoms with Gasteiger partial charge < -0.3 is 10.2 Å². The fourth-order valence-electron chi connectivity index (χ4n) is 1.31. The minimum atomic E-state index is -1.67. The molecule has 0 saturated heterocycles. The third kappa shape index (κ3) is 3.13. The van der Waals surface area contributed by atoms with Crippen molar-refractivity contribution in [1.82, 2.24) is 0 Å². The van der Waals surface area contributed by atoms with Crippen LogP contribution in [0.4, 0.5) is 0 Å². The zero-order chi connectivity index (χ0) is 13.0. The van der Waals surface area contributed by atoms with Crippen LogP contribution in [-0.2, 0) is 15.6 Å². The number of carbonyl (C=O) groups is 2. The molecule has 1 rings (SSSR count). The largest absolute Gasteiger partial charge is 0.480 e. The maximum Gasteiger partial charge on any atom is 0.335 e. The maximum absolute atomic E-state index is 11.9. The Labute approximate surface area is 101 Å². The van der Waals surface area contributed by atoms with E-state index in [1.54, 1.807) is 6.92 Å². The molecule has 0 bridgehead atoms. The number of rotatable bonds is 5. The van der Waals surface area contributed by atoms with Gasteiger partial charge in [0.1, 0.15) is 5.25 Å². The molecule has 0 aliphatic rings. The van der Waals surface area contributed by atoms with Crippen LogP contribution >= 0.6 is 0 Å². The van der Waals surface area contributed by atoms with Crippen LogP contribution in [0.15, 0.2) is 29.2 Å². The van der Waals surface area contributed by atoms with Gasteiger partial charge in [-0.2, -0.15) is 0 Å². The van der Waals surface area contributed by atoms with Gasteiger partial charge in [0, 0.05) is 4.90 Å². The summed E-state index contributed by atoms with van der Waals surface area (Å²) in [5, 5.41) is 16.6. The minimum absolute atomic E-state index is 0.0779. The highest BCUT2D eigenvalue weighted by atomic mass is 32.2. The van der Waals surface area contributed by atoms with Crippen LogP contribution in [-0.4, -0.2) is 31.6 Å². The molecule has 92 valence electrons. The van der Waals surface area contributed by atoms with Crippen LogP contribution in [0.1, 0.15) is 23.7 Å². The van der Waals surface area contributed by atoms with Crippen LogP contribution in [0.3, 0.4) is 0 Å². The Morgan fingerprint density at radius 3 is 2.12 bits per heavy atom. The van der Waals surface area contributed by atoms with Crippen LogP contribution in [0.25, 0.3) is 0 Å². The molecule has 0 saturated carbocycles. The summed E-state index contributed by atoms with van der Waals surface area (Å²) in [7, 11) is -1.67. The highest BCUT2D eigenvalue weighted by Crippen LogP contribution is 2.15. The van der Waals surface area contributed by atoms with E-state index in [4.69, 9.17) is 10.2 Å². The predicted molar refractivity (Wildman–Crippen MR) is 61.5 cm³/mol. The summed E-state index contributed by atoms with van der Waals surface area (Å²) in [6.07, 6.45) is 0.253. The van der Waals surface area contributed by atoms with E-state index in [1.165, 1.54) is 24.3 Å². The molecule has 17 heavy (non-hydrogen) atoms. The molecule has 2 N–H and O–H groups in total. The molecule has 2 unspecified atom stereocenters. The Morgan fingerprint density at radius 1 is 1.24 bits per heavy atom. The van der Waals surface area contributed by atoms with Crippen molar-refractivity contribution >= 4 is 22.7 Å². The number of aliphatic carboxylic acids is 1. The molecule has 0 spiro atoms. The zero-order valence-electron chi connectivity index (χ0n) is 9.12. The van der Waals surface area contributed by atoms with Gasteiger partial charge in [-0.25, -0.2) is 4.79 Å². The molecule has 5 nitrogen and oxygen atoms in total. The van der Waals surface area contributed by atoms with Gasteiger partial charge in [0.15, 0.2) is 0 Å². The summed E-state index contributed by atoms with van der Waals surface area (Å²) >= 11 is 0. The van der Waals surface area contributed by atoms with Crippen LogP contribution in [0, 0.1) is 0 Å². The molecule has 0 aromatic heterocycles. The number of hydrogen-bond acceptors (Lipinski definition) is 3. The first kappa shape index (κ1) is 13.4. The number of hydrogen-bond donors (Lipinski definition) is 2. The number of carboxylic acid groups (broad SMARTS) is 2. The van der Waals surface area contributed by atoms with Crippen molar-refractivity contribution in [1.29, 1.82) is 0 Å². The van der Waals surface area contributed by atoms with Crippen LogP contribution < -0.4 is 0 Å². The molecule has 0 heterocycles. The van der Waals surface area contributed by atoms with Gasteiger partial charge in [-0.15, -0.1) is 0 Å². The average Bonchev–Trinajstić information content (AvgIpc) is 2.29. The molecule has 0 amide bonds. The molecule has 1 aromatic carbocycles. The van der Waals surface area contributed by atoms with E-state index in [0.29, 0.717) is 4.90 Å². The van der Waals surface area contributed by atoms with E-state index in [2.05, 4.69) is 0 Å². The quantitative estimate of drug-likeness (QED) is 0.829. The van der Waals surface area contributed by atoms with Gasteiger partial charge in [-0.1, -0.05) is 6.92 Å². The summed E-state index contributed by atoms with van der Waals surface area (Å²) in [5.41, 5.74) is 0.0779. The molecular formula is C11H12O5S. The molecule has 1 aromatic rings. The monoisotopic (exact) mass is 256 g/mol. The normalized spacial score (nSPS) is 13.9. The lowest BCUT2D eigenvalue weighted by molar-refractivity contribution is -0.136. The number of benzene rings is 1. The smallest absolute Gasteiger partial charge is 0.335 e. The number of aromatic carboxylic acids is 1. The second-order valence-corrected chi connectivity index (χ2v) is 5.00. The standard InChI is InChI=1S/C11H12O5S/c1-2-9(11(14)15)17(16)8-5-3-7(4-6-8)10(12)13/h3-6,9H,2H2,1H3,(H,12,13)(H,14,15). The van der Waals surface area contributed by atoms with E-state index in [-0.39, 0.29) is 12.0 Å². The van der Waals surface area contributed by atoms with Gasteiger partial charge in [-0.3, -0.25) is 9.00 Å². The summed E-state index contributed by atoms with van der Waals surface area (Å²) in [6.45, 7) is 1.64. The van der Waals surface area contributed by atoms with E-state index < -0.39 is 28.0 Å². The minimum Gasteiger partial charge on any atom is -0.480 e. The van der Waals surface area contributed by atoms with Gasteiger partial charge in [0.05, 0.1) is 16.4 Å². The lowest BCUT2D eigenvalue weighted by Crippen LogP contribution is -2.24. The Hall–Kier alpha value is -1.69. The summed E-state index contributed by atoms with van der Waals surface area (Å²) in [4.78, 5) is 21.8. The second-order valence-electron chi connectivity index (χ2n) is 3.36. The van der Waals surface area contributed by atoms with Gasteiger partial charge in [-0.05, 0) is 30.7 Å². The molecule has 0 aliphatic heterocycles. The van der Waals surface area contributed by atoms with Crippen molar-refractivity contribution in [2.75, 3.05) is 0 Å². The van der Waals surface area contributed by atoms with E-state index >= 15 is 0 Å². The topological polar surface area (TPSA) is 91.7 Å². The van der Waals surface area contributed by atoms with Crippen molar-refractivity contribution in [2.45, 2.75) is 23.5 Å². The molecule has 0 radical (unpaired) electrons. The highest BCUT2D eigenvalue weighted by Gasteiger charge is 2.23. The molecule has 0 aliphatic carbocycles. The Balaban J connectivity index is 2.97. The molecular weight excluding hydrogens is 244 g/mol. The van der Waals surface area contributed by atoms with Crippen molar-refractivity contribution in [3.63, 3.8) is 0 Å². The highest BCUT2D eigenvalue weighted by molar-refractivity contribution is 7.86. The number of carboxylic acids is 2. The Morgan fingerprint density at radius 2 is 1.76 bits per heavy atom. The first-order chi connectivity index (χ1) is 7.97. The second kappa shape index (κ2) is 5.58. The van der Waals surface area contributed by atoms with E-state index in [0.717, 1.165) is 0 Å². The van der Waals surface area contributed by atoms with Crippen molar-refractivity contribution < 1.29 is 24.0 Å². The first-order valence-corrected chi connectivity index (χ1v) is 6.15. The molecule has 2 atom stereocenters. The fraction of sp³-hybridized carbons (Fsp3) is 0.273. The lowest BCUT2D eigenvalue weighted by atomic mass is 10.2. The summed E-state index contributed by atoms with van der Waals surface area (Å²) in [5.74, 6) is -2.19. The first-order valence-electron chi connectivity index (χ1n) is 4.94. The SMILES string of the molecule is CCC(C(=O)O)S(=O)c1ccc(C(=O)O)cc1. The van der Waals surface area contributed by atoms with Crippen molar-refractivity contribution in [3.05, 3.63) is 29.8 Å². The molecule has 0 fully saturated rings. The van der Waals surface area contributed by atoms with E-state index in [9.17, 15) is 13.8 Å². The van der Waals surface area contributed by atoms with Crippen molar-refractivity contribution in [3.8, 4) is 0 Å². The summed E-state index contributed by atoms with van der Waals surface area (Å²) in [6, 6.07) is 5.38. The van der Waals surface area contributed by atoms with E-state index in [1.807, 2.05) is 0 Å². The fourth-order valence-corrected chi connectivity index (χ4v) is 2.53. The lowest BCUT2D eigenvalue weighted by Gasteiger charge is -2.09. The third-order valence-corrected chi connectivity index (χ3v) is 4.03. The zero-order valence-corrected chi connectivity index (χ0v) is 9.94. The molecule has 6 heteroatoms. The van der Waals surface area contributed by atoms with Crippen LogP contribution in [0.5, 0.6) is 0 Å². The van der Waals surface area contributed by atoms with Gasteiger partial charge in [0.25, 0.3) is 0 Å². The average molecular weight is 256 g/mol. The Bertz CT molecular complexity index is 451. The Kier molecular flexibility index (Phi) is 4.39. The maximum atomic E-state index is 11.9. The van der Waals surface area contributed by atoms with Gasteiger partial charge in [0.2, 0.25) is 0 Å². The summed E-state index contributed by atoms with van der Waals surface area (Å²) < 4.78 is 11.9.